The van der Waals surface area contributed by atoms with Crippen LogP contribution in [0.3, 0.4) is 0 Å². The van der Waals surface area contributed by atoms with E-state index in [0.717, 1.165) is 11.1 Å². The van der Waals surface area contributed by atoms with Crippen LogP contribution in [-0.2, 0) is 20.7 Å². The summed E-state index contributed by atoms with van der Waals surface area (Å²) in [6.07, 6.45) is 0.227. The summed E-state index contributed by atoms with van der Waals surface area (Å²) in [5, 5.41) is 6.62. The number of nitrogens with zero attached hydrogens (tertiary/aromatic N) is 2. The molecule has 34 heavy (non-hydrogen) atoms. The van der Waals surface area contributed by atoms with Gasteiger partial charge in [0.15, 0.2) is 12.4 Å². The number of nitrogens with one attached hydrogen (secondary N) is 1. The molecule has 1 amide bonds. The van der Waals surface area contributed by atoms with E-state index in [-0.39, 0.29) is 12.8 Å². The van der Waals surface area contributed by atoms with Crippen molar-refractivity contribution < 1.29 is 23.6 Å². The predicted molar refractivity (Wildman–Crippen MR) is 125 cm³/mol. The summed E-state index contributed by atoms with van der Waals surface area (Å²) >= 11 is 0. The lowest BCUT2D eigenvalue weighted by Gasteiger charge is -2.12. The SMILES string of the molecule is Cc1ccc(Oc2ccccc2NC(=O)COC(=O)CCc2nc(-c3ccccc3)no2)cc1. The van der Waals surface area contributed by atoms with E-state index in [1.807, 2.05) is 61.5 Å². The van der Waals surface area contributed by atoms with Gasteiger partial charge in [0.1, 0.15) is 5.75 Å². The van der Waals surface area contributed by atoms with Crippen LogP contribution in [0.15, 0.2) is 83.4 Å². The number of anilines is 1. The number of carbonyl (C=O) groups is 2. The average Bonchev–Trinajstić information content (AvgIpc) is 3.34. The van der Waals surface area contributed by atoms with Crippen LogP contribution in [0.2, 0.25) is 0 Å². The number of carbonyl (C=O) groups excluding carboxylic acids is 2. The van der Waals surface area contributed by atoms with Gasteiger partial charge in [-0.25, -0.2) is 0 Å². The lowest BCUT2D eigenvalue weighted by Crippen LogP contribution is -2.21. The van der Waals surface area contributed by atoms with E-state index >= 15 is 0 Å². The average molecular weight is 457 g/mol. The number of benzene rings is 3. The zero-order valence-corrected chi connectivity index (χ0v) is 18.6. The Balaban J connectivity index is 1.25. The molecule has 172 valence electrons. The standard InChI is InChI=1S/C26H23N3O5/c1-18-11-13-20(14-12-18)33-22-10-6-5-9-21(22)27-23(30)17-32-25(31)16-15-24-28-26(29-34-24)19-7-3-2-4-8-19/h2-14H,15-17H2,1H3,(H,27,30). The molecule has 0 bridgehead atoms. The summed E-state index contributed by atoms with van der Waals surface area (Å²) in [6, 6.07) is 24.0. The molecule has 8 heteroatoms. The van der Waals surface area contributed by atoms with Crippen LogP contribution >= 0.6 is 0 Å². The molecule has 4 rings (SSSR count). The molecule has 4 aromatic rings. The second kappa shape index (κ2) is 10.9. The molecule has 1 heterocycles. The van der Waals surface area contributed by atoms with E-state index in [2.05, 4.69) is 15.5 Å². The molecule has 0 unspecified atom stereocenters. The molecular formula is C26H23N3O5. The highest BCUT2D eigenvalue weighted by molar-refractivity contribution is 5.94. The molecule has 0 spiro atoms. The molecule has 3 aromatic carbocycles. The fourth-order valence-electron chi connectivity index (χ4n) is 3.07. The number of aryl methyl sites for hydroxylation is 2. The van der Waals surface area contributed by atoms with Gasteiger partial charge in [0.25, 0.3) is 5.91 Å². The minimum Gasteiger partial charge on any atom is -0.456 e. The number of para-hydroxylation sites is 2. The molecule has 8 nitrogen and oxygen atoms in total. The molecule has 0 aliphatic carbocycles. The van der Waals surface area contributed by atoms with Gasteiger partial charge in [0.2, 0.25) is 11.7 Å². The van der Waals surface area contributed by atoms with Crippen molar-refractivity contribution in [1.29, 1.82) is 0 Å². The Hall–Kier alpha value is -4.46. The van der Waals surface area contributed by atoms with Crippen molar-refractivity contribution in [2.45, 2.75) is 19.8 Å². The number of amides is 1. The number of rotatable bonds is 9. The molecule has 0 fully saturated rings. The first-order chi connectivity index (χ1) is 16.6. The third-order valence-electron chi connectivity index (χ3n) is 4.82. The first-order valence-corrected chi connectivity index (χ1v) is 10.7. The van der Waals surface area contributed by atoms with Crippen molar-refractivity contribution in [1.82, 2.24) is 10.1 Å². The van der Waals surface area contributed by atoms with Crippen molar-refractivity contribution in [3.63, 3.8) is 0 Å². The number of hydrogen-bond donors (Lipinski definition) is 1. The maximum atomic E-state index is 12.3. The topological polar surface area (TPSA) is 104 Å². The summed E-state index contributed by atoms with van der Waals surface area (Å²) in [5.41, 5.74) is 2.42. The Labute approximate surface area is 196 Å². The Morgan fingerprint density at radius 3 is 2.47 bits per heavy atom. The van der Waals surface area contributed by atoms with Crippen LogP contribution < -0.4 is 10.1 Å². The minimum absolute atomic E-state index is 0.0107. The van der Waals surface area contributed by atoms with Crippen molar-refractivity contribution in [2.75, 3.05) is 11.9 Å². The molecular weight excluding hydrogens is 434 g/mol. The highest BCUT2D eigenvalue weighted by atomic mass is 16.5. The van der Waals surface area contributed by atoms with Crippen LogP contribution in [0.1, 0.15) is 17.9 Å². The highest BCUT2D eigenvalue weighted by Gasteiger charge is 2.14. The van der Waals surface area contributed by atoms with Gasteiger partial charge >= 0.3 is 5.97 Å². The van der Waals surface area contributed by atoms with Gasteiger partial charge < -0.3 is 19.3 Å². The fraction of sp³-hybridized carbons (Fsp3) is 0.154. The number of hydrogen-bond acceptors (Lipinski definition) is 7. The molecule has 0 atom stereocenters. The Kier molecular flexibility index (Phi) is 7.29. The van der Waals surface area contributed by atoms with Crippen LogP contribution in [0.25, 0.3) is 11.4 Å². The van der Waals surface area contributed by atoms with Crippen LogP contribution in [0.4, 0.5) is 5.69 Å². The predicted octanol–water partition coefficient (Wildman–Crippen LogP) is 4.95. The van der Waals surface area contributed by atoms with E-state index in [1.54, 1.807) is 24.3 Å². The van der Waals surface area contributed by atoms with Gasteiger partial charge in [0.05, 0.1) is 12.1 Å². The van der Waals surface area contributed by atoms with E-state index < -0.39 is 18.5 Å². The summed E-state index contributed by atoms with van der Waals surface area (Å²) < 4.78 is 16.1. The Morgan fingerprint density at radius 2 is 1.68 bits per heavy atom. The van der Waals surface area contributed by atoms with Gasteiger partial charge in [0, 0.05) is 12.0 Å². The highest BCUT2D eigenvalue weighted by Crippen LogP contribution is 2.29. The van der Waals surface area contributed by atoms with E-state index in [4.69, 9.17) is 14.0 Å². The maximum absolute atomic E-state index is 12.3. The molecule has 0 aliphatic rings. The van der Waals surface area contributed by atoms with Crippen molar-refractivity contribution >= 4 is 17.6 Å². The number of ether oxygens (including phenoxy) is 2. The van der Waals surface area contributed by atoms with Crippen LogP contribution in [0, 0.1) is 6.92 Å². The largest absolute Gasteiger partial charge is 0.456 e. The summed E-state index contributed by atoms with van der Waals surface area (Å²) in [6.45, 7) is 1.57. The second-order valence-corrected chi connectivity index (χ2v) is 7.50. The lowest BCUT2D eigenvalue weighted by atomic mass is 10.2. The first kappa shape index (κ1) is 22.7. The maximum Gasteiger partial charge on any atom is 0.306 e. The van der Waals surface area contributed by atoms with Crippen LogP contribution in [0.5, 0.6) is 11.5 Å². The Bertz CT molecular complexity index is 1250. The number of esters is 1. The summed E-state index contributed by atoms with van der Waals surface area (Å²) in [7, 11) is 0. The molecule has 0 saturated heterocycles. The van der Waals surface area contributed by atoms with Gasteiger partial charge in [-0.15, -0.1) is 0 Å². The van der Waals surface area contributed by atoms with Crippen molar-refractivity contribution in [2.24, 2.45) is 0 Å². The third-order valence-corrected chi connectivity index (χ3v) is 4.82. The molecule has 1 N–H and O–H groups in total. The zero-order valence-electron chi connectivity index (χ0n) is 18.6. The van der Waals surface area contributed by atoms with Crippen molar-refractivity contribution in [3.05, 3.63) is 90.3 Å². The smallest absolute Gasteiger partial charge is 0.306 e. The first-order valence-electron chi connectivity index (χ1n) is 10.7. The summed E-state index contributed by atoms with van der Waals surface area (Å²) in [4.78, 5) is 28.7. The van der Waals surface area contributed by atoms with E-state index in [9.17, 15) is 9.59 Å². The molecule has 0 radical (unpaired) electrons. The fourth-order valence-corrected chi connectivity index (χ4v) is 3.07. The van der Waals surface area contributed by atoms with E-state index in [1.165, 1.54) is 0 Å². The van der Waals surface area contributed by atoms with E-state index in [0.29, 0.717) is 28.9 Å². The molecule has 0 aliphatic heterocycles. The lowest BCUT2D eigenvalue weighted by molar-refractivity contribution is -0.147. The third kappa shape index (κ3) is 6.29. The Morgan fingerprint density at radius 1 is 0.941 bits per heavy atom. The van der Waals surface area contributed by atoms with Gasteiger partial charge in [-0.3, -0.25) is 9.59 Å². The zero-order chi connectivity index (χ0) is 23.8. The quantitative estimate of drug-likeness (QED) is 0.355. The second-order valence-electron chi connectivity index (χ2n) is 7.50. The van der Waals surface area contributed by atoms with Gasteiger partial charge in [-0.1, -0.05) is 65.3 Å². The van der Waals surface area contributed by atoms with Gasteiger partial charge in [-0.05, 0) is 31.2 Å². The van der Waals surface area contributed by atoms with Gasteiger partial charge in [-0.2, -0.15) is 4.98 Å². The number of aromatic nitrogens is 2. The summed E-state index contributed by atoms with van der Waals surface area (Å²) in [5.74, 6) is 0.889. The monoisotopic (exact) mass is 457 g/mol. The minimum atomic E-state index is -0.543. The molecule has 1 aromatic heterocycles. The van der Waals surface area contributed by atoms with Crippen molar-refractivity contribution in [3.8, 4) is 22.9 Å². The normalized spacial score (nSPS) is 10.5. The molecule has 0 saturated carbocycles. The van der Waals surface area contributed by atoms with Crippen LogP contribution in [-0.4, -0.2) is 28.6 Å².